The summed E-state index contributed by atoms with van der Waals surface area (Å²) in [6, 6.07) is 5.34. The molecule has 0 saturated carbocycles. The van der Waals surface area contributed by atoms with Gasteiger partial charge in [0.2, 0.25) is 17.7 Å². The van der Waals surface area contributed by atoms with Crippen molar-refractivity contribution in [3.05, 3.63) is 34.9 Å². The van der Waals surface area contributed by atoms with Gasteiger partial charge in [0.15, 0.2) is 0 Å². The first kappa shape index (κ1) is 12.7. The van der Waals surface area contributed by atoms with Gasteiger partial charge in [0, 0.05) is 5.56 Å². The first-order valence-electron chi connectivity index (χ1n) is 4.20. The van der Waals surface area contributed by atoms with E-state index in [-0.39, 0.29) is 10.6 Å². The fourth-order valence-corrected chi connectivity index (χ4v) is 1.27. The highest BCUT2D eigenvalue weighted by molar-refractivity contribution is 6.34. The molecule has 2 nitrogen and oxygen atoms in total. The van der Waals surface area contributed by atoms with Crippen molar-refractivity contribution >= 4 is 23.2 Å². The van der Waals surface area contributed by atoms with Gasteiger partial charge >= 0.3 is 0 Å². The number of Topliss-reactive ketones (excluding diaryl/α,β-unsaturated/α-hetero) is 2. The fourth-order valence-electron chi connectivity index (χ4n) is 1.04. The monoisotopic (exact) mass is 250 g/mol. The lowest BCUT2D eigenvalue weighted by molar-refractivity contribution is -0.132. The van der Waals surface area contributed by atoms with E-state index in [1.807, 2.05) is 0 Å². The number of benzene rings is 1. The zero-order chi connectivity index (χ0) is 12.3. The maximum absolute atomic E-state index is 13.1. The van der Waals surface area contributed by atoms with Crippen molar-refractivity contribution in [2.24, 2.45) is 0 Å². The van der Waals surface area contributed by atoms with Gasteiger partial charge in [-0.3, -0.25) is 9.59 Å². The van der Waals surface area contributed by atoms with Crippen LogP contribution < -0.4 is 0 Å². The Labute approximate surface area is 94.0 Å². The molecule has 0 aromatic heterocycles. The summed E-state index contributed by atoms with van der Waals surface area (Å²) in [6.45, 7) is 0. The smallest absolute Gasteiger partial charge is 0.290 e. The average Bonchev–Trinajstić information content (AvgIpc) is 2.26. The van der Waals surface area contributed by atoms with E-state index in [0.717, 1.165) is 6.07 Å². The Morgan fingerprint density at radius 2 is 1.69 bits per heavy atom. The molecule has 0 amide bonds. The Bertz CT molecular complexity index is 420. The van der Waals surface area contributed by atoms with Crippen LogP contribution in [-0.4, -0.2) is 24.2 Å². The van der Waals surface area contributed by atoms with Crippen LogP contribution in [0.2, 0.25) is 5.02 Å². The summed E-state index contributed by atoms with van der Waals surface area (Å²) < 4.78 is 36.8. The van der Waals surface area contributed by atoms with Gasteiger partial charge in [-0.2, -0.15) is 0 Å². The summed E-state index contributed by atoms with van der Waals surface area (Å²) in [5, 5.41) is -0.0859. The van der Waals surface area contributed by atoms with Crippen LogP contribution in [0.1, 0.15) is 10.4 Å². The Morgan fingerprint density at radius 1 is 1.12 bits per heavy atom. The van der Waals surface area contributed by atoms with Crippen molar-refractivity contribution < 1.29 is 22.8 Å². The van der Waals surface area contributed by atoms with Gasteiger partial charge < -0.3 is 0 Å². The molecule has 0 radical (unpaired) electrons. The molecule has 0 N–H and O–H groups in total. The molecule has 0 bridgehead atoms. The number of hydrogen-bond acceptors (Lipinski definition) is 2. The van der Waals surface area contributed by atoms with E-state index in [0.29, 0.717) is 0 Å². The molecule has 1 rings (SSSR count). The van der Waals surface area contributed by atoms with E-state index in [9.17, 15) is 22.8 Å². The topological polar surface area (TPSA) is 34.1 Å². The number of hydrogen-bond donors (Lipinski definition) is 0. The molecule has 0 aliphatic rings. The summed E-state index contributed by atoms with van der Waals surface area (Å²) in [5.41, 5.74) is -0.286. The average molecular weight is 251 g/mol. The first-order chi connectivity index (χ1) is 7.45. The van der Waals surface area contributed by atoms with Gasteiger partial charge in [-0.1, -0.05) is 23.7 Å². The predicted molar refractivity (Wildman–Crippen MR) is 51.7 cm³/mol. The zero-order valence-corrected chi connectivity index (χ0v) is 8.55. The Balaban J connectivity index is 2.95. The van der Waals surface area contributed by atoms with Crippen molar-refractivity contribution in [3.63, 3.8) is 0 Å². The molecule has 0 aliphatic carbocycles. The largest absolute Gasteiger partial charge is 0.299 e. The van der Waals surface area contributed by atoms with Crippen molar-refractivity contribution in [1.82, 2.24) is 0 Å². The minimum absolute atomic E-state index is 0.0859. The molecule has 0 fully saturated rings. The minimum atomic E-state index is -3.51. The second-order valence-corrected chi connectivity index (χ2v) is 3.32. The zero-order valence-electron chi connectivity index (χ0n) is 7.79. The third-order valence-corrected chi connectivity index (χ3v) is 2.16. The van der Waals surface area contributed by atoms with Crippen LogP contribution in [-0.2, 0) is 4.79 Å². The molecule has 1 unspecified atom stereocenters. The van der Waals surface area contributed by atoms with Crippen LogP contribution in [0.5, 0.6) is 0 Å². The summed E-state index contributed by atoms with van der Waals surface area (Å²) in [4.78, 5) is 21.9. The highest BCUT2D eigenvalue weighted by Gasteiger charge is 2.33. The number of carbonyl (C=O) groups excluding carboxylic acids is 2. The van der Waals surface area contributed by atoms with Crippen molar-refractivity contribution in [1.29, 1.82) is 0 Å². The van der Waals surface area contributed by atoms with Crippen molar-refractivity contribution in [2.75, 3.05) is 0 Å². The van der Waals surface area contributed by atoms with E-state index in [4.69, 9.17) is 11.6 Å². The standard InChI is InChI=1S/C10H6ClF3O2/c11-6-4-2-1-3-5(6)8(15)7(12)9(16)10(13)14/h1-4,7,10H. The van der Waals surface area contributed by atoms with Gasteiger partial charge in [0.25, 0.3) is 6.43 Å². The van der Waals surface area contributed by atoms with Crippen LogP contribution in [0.25, 0.3) is 0 Å². The Kier molecular flexibility index (Phi) is 4.06. The molecule has 86 valence electrons. The molecule has 0 heterocycles. The minimum Gasteiger partial charge on any atom is -0.290 e. The van der Waals surface area contributed by atoms with Crippen LogP contribution in [0.3, 0.4) is 0 Å². The van der Waals surface area contributed by atoms with E-state index >= 15 is 0 Å². The molecule has 1 aromatic carbocycles. The van der Waals surface area contributed by atoms with Gasteiger partial charge in [-0.15, -0.1) is 0 Å². The lowest BCUT2D eigenvalue weighted by Gasteiger charge is -2.06. The highest BCUT2D eigenvalue weighted by atomic mass is 35.5. The number of alkyl halides is 3. The summed E-state index contributed by atoms with van der Waals surface area (Å²) in [7, 11) is 0. The van der Waals surface area contributed by atoms with Crippen LogP contribution >= 0.6 is 11.6 Å². The maximum atomic E-state index is 13.1. The van der Waals surface area contributed by atoms with Crippen molar-refractivity contribution in [3.8, 4) is 0 Å². The molecule has 0 saturated heterocycles. The first-order valence-corrected chi connectivity index (χ1v) is 4.57. The highest BCUT2D eigenvalue weighted by Crippen LogP contribution is 2.19. The van der Waals surface area contributed by atoms with E-state index in [1.54, 1.807) is 0 Å². The third-order valence-electron chi connectivity index (χ3n) is 1.83. The predicted octanol–water partition coefficient (Wildman–Crippen LogP) is 2.70. The summed E-state index contributed by atoms with van der Waals surface area (Å²) >= 11 is 5.56. The molecular formula is C10H6ClF3O2. The Morgan fingerprint density at radius 3 is 2.19 bits per heavy atom. The van der Waals surface area contributed by atoms with Gasteiger partial charge in [-0.05, 0) is 12.1 Å². The summed E-state index contributed by atoms with van der Waals surface area (Å²) in [6.07, 6.45) is -6.39. The van der Waals surface area contributed by atoms with Gasteiger partial charge in [-0.25, -0.2) is 13.2 Å². The van der Waals surface area contributed by atoms with E-state index in [1.165, 1.54) is 18.2 Å². The van der Waals surface area contributed by atoms with Crippen LogP contribution in [0.15, 0.2) is 24.3 Å². The lowest BCUT2D eigenvalue weighted by Crippen LogP contribution is -2.31. The molecule has 0 aliphatic heterocycles. The second-order valence-electron chi connectivity index (χ2n) is 2.91. The Hall–Kier alpha value is -1.36. The quantitative estimate of drug-likeness (QED) is 0.608. The van der Waals surface area contributed by atoms with E-state index in [2.05, 4.69) is 0 Å². The number of halogens is 4. The summed E-state index contributed by atoms with van der Waals surface area (Å²) in [5.74, 6) is -3.40. The van der Waals surface area contributed by atoms with Gasteiger partial charge in [0.05, 0.1) is 5.02 Å². The number of ketones is 2. The van der Waals surface area contributed by atoms with E-state index < -0.39 is 24.2 Å². The number of rotatable bonds is 4. The van der Waals surface area contributed by atoms with Crippen molar-refractivity contribution in [2.45, 2.75) is 12.6 Å². The second kappa shape index (κ2) is 5.12. The fraction of sp³-hybridized carbons (Fsp3) is 0.200. The van der Waals surface area contributed by atoms with Crippen LogP contribution in [0, 0.1) is 0 Å². The molecule has 1 aromatic rings. The maximum Gasteiger partial charge on any atom is 0.299 e. The SMILES string of the molecule is O=C(c1ccccc1Cl)C(F)C(=O)C(F)F. The van der Waals surface area contributed by atoms with Gasteiger partial charge in [0.1, 0.15) is 0 Å². The molecule has 16 heavy (non-hydrogen) atoms. The number of carbonyl (C=O) groups is 2. The molecule has 0 spiro atoms. The third kappa shape index (κ3) is 2.61. The molecule has 6 heteroatoms. The normalized spacial score (nSPS) is 12.6. The molecule has 1 atom stereocenters. The lowest BCUT2D eigenvalue weighted by atomic mass is 10.0. The van der Waals surface area contributed by atoms with Crippen LogP contribution in [0.4, 0.5) is 13.2 Å². The molecular weight excluding hydrogens is 245 g/mol.